The van der Waals surface area contributed by atoms with E-state index in [1.165, 1.54) is 70.2 Å². The van der Waals surface area contributed by atoms with Crippen LogP contribution < -0.4 is 10.8 Å². The second-order valence-electron chi connectivity index (χ2n) is 7.74. The summed E-state index contributed by atoms with van der Waals surface area (Å²) in [6.45, 7) is 3.51. The molecule has 0 radical (unpaired) electrons. The lowest BCUT2D eigenvalue weighted by atomic mass is 9.97. The van der Waals surface area contributed by atoms with Gasteiger partial charge in [-0.2, -0.15) is 0 Å². The second-order valence-corrected chi connectivity index (χ2v) is 7.74. The Morgan fingerprint density at radius 2 is 1.86 bits per heavy atom. The first-order valence-corrected chi connectivity index (χ1v) is 10.2. The monoisotopic (exact) mass is 445 g/mol. The number of aromatic nitrogens is 2. The second kappa shape index (κ2) is 13.7. The van der Waals surface area contributed by atoms with Crippen molar-refractivity contribution in [2.75, 3.05) is 25.0 Å². The quantitative estimate of drug-likeness (QED) is 0.267. The first-order valence-electron chi connectivity index (χ1n) is 10.2. The topological polar surface area (TPSA) is 90.4 Å². The molecule has 29 heavy (non-hydrogen) atoms. The van der Waals surface area contributed by atoms with E-state index in [1.807, 2.05) is 0 Å². The number of carbonyl (C=O) groups is 1. The molecule has 9 heteroatoms. The Kier molecular flexibility index (Phi) is 12.1. The van der Waals surface area contributed by atoms with E-state index in [0.717, 1.165) is 24.7 Å². The van der Waals surface area contributed by atoms with Crippen LogP contribution in [0.1, 0.15) is 57.1 Å². The lowest BCUT2D eigenvalue weighted by Crippen LogP contribution is -2.44. The fourth-order valence-electron chi connectivity index (χ4n) is 4.16. The van der Waals surface area contributed by atoms with Gasteiger partial charge in [0.1, 0.15) is 5.82 Å². The molecule has 1 aliphatic carbocycles. The third kappa shape index (κ3) is 8.86. The highest BCUT2D eigenvalue weighted by molar-refractivity contribution is 5.90. The molecule has 3 rings (SSSR count). The van der Waals surface area contributed by atoms with Crippen LogP contribution in [0, 0.1) is 5.92 Å². The summed E-state index contributed by atoms with van der Waals surface area (Å²) in [7, 11) is 0. The zero-order chi connectivity index (χ0) is 18.9. The molecule has 2 fully saturated rings. The zero-order valence-electron chi connectivity index (χ0n) is 16.8. The number of hydrogen-bond donors (Lipinski definition) is 3. The number of anilines is 1. The van der Waals surface area contributed by atoms with Gasteiger partial charge in [-0.05, 0) is 44.2 Å². The molecule has 0 spiro atoms. The summed E-state index contributed by atoms with van der Waals surface area (Å²) in [6, 6.07) is 0.403. The lowest BCUT2D eigenvalue weighted by molar-refractivity contribution is -0.124. The molecule has 1 aliphatic heterocycles. The maximum Gasteiger partial charge on any atom is 0.267 e. The number of amides is 1. The first kappa shape index (κ1) is 25.6. The molecule has 0 bridgehead atoms. The maximum absolute atomic E-state index is 11.0. The molecule has 1 atom stereocenters. The standard InChI is InChI=1S/C20H31N5O2.2ClH/c26-20(24-27)10-9-17-12-22-19(13-21-17)23-18-8-5-11-25(15-18)14-16-6-3-1-2-4-7-16;;/h9-10,12-13,16,18,27H,1-8,11,14-15H2,(H,22,23)(H,24,26);2*1H/t18-;;/m1../s1. The summed E-state index contributed by atoms with van der Waals surface area (Å²) in [5, 5.41) is 12.0. The highest BCUT2D eigenvalue weighted by Gasteiger charge is 2.23. The smallest absolute Gasteiger partial charge is 0.267 e. The summed E-state index contributed by atoms with van der Waals surface area (Å²) in [5.74, 6) is 1.04. The van der Waals surface area contributed by atoms with Crippen LogP contribution in [0.5, 0.6) is 0 Å². The van der Waals surface area contributed by atoms with E-state index >= 15 is 0 Å². The van der Waals surface area contributed by atoms with Gasteiger partial charge in [-0.25, -0.2) is 10.5 Å². The van der Waals surface area contributed by atoms with Gasteiger partial charge in [-0.15, -0.1) is 24.8 Å². The molecule has 1 amide bonds. The van der Waals surface area contributed by atoms with Gasteiger partial charge >= 0.3 is 0 Å². The Labute approximate surface area is 185 Å². The van der Waals surface area contributed by atoms with Crippen molar-refractivity contribution in [3.63, 3.8) is 0 Å². The molecular formula is C20H33Cl2N5O2. The van der Waals surface area contributed by atoms with Gasteiger partial charge < -0.3 is 10.2 Å². The molecule has 2 heterocycles. The van der Waals surface area contributed by atoms with Crippen molar-refractivity contribution in [3.05, 3.63) is 24.2 Å². The van der Waals surface area contributed by atoms with Crippen LogP contribution in [0.2, 0.25) is 0 Å². The van der Waals surface area contributed by atoms with Crippen molar-refractivity contribution in [3.8, 4) is 0 Å². The van der Waals surface area contributed by atoms with Gasteiger partial charge in [0.25, 0.3) is 5.91 Å². The SMILES string of the molecule is Cl.Cl.O=C(C=Cc1cnc(N[C@@H]2CCCN(CC3CCCCCC3)C2)cn1)NO. The van der Waals surface area contributed by atoms with Crippen LogP contribution in [0.25, 0.3) is 6.08 Å². The summed E-state index contributed by atoms with van der Waals surface area (Å²) in [5.41, 5.74) is 2.12. The van der Waals surface area contributed by atoms with E-state index in [9.17, 15) is 4.79 Å². The Morgan fingerprint density at radius 1 is 1.10 bits per heavy atom. The molecule has 0 aromatic carbocycles. The van der Waals surface area contributed by atoms with Crippen molar-refractivity contribution < 1.29 is 10.0 Å². The van der Waals surface area contributed by atoms with E-state index in [0.29, 0.717) is 11.7 Å². The van der Waals surface area contributed by atoms with Crippen molar-refractivity contribution >= 4 is 42.6 Å². The Balaban J connectivity index is 0.00000210. The number of piperidine rings is 1. The van der Waals surface area contributed by atoms with Gasteiger partial charge in [0.05, 0.1) is 18.1 Å². The average molecular weight is 446 g/mol. The molecule has 1 aromatic heterocycles. The van der Waals surface area contributed by atoms with Crippen molar-refractivity contribution in [2.24, 2.45) is 5.92 Å². The number of nitrogens with one attached hydrogen (secondary N) is 2. The van der Waals surface area contributed by atoms with Crippen LogP contribution >= 0.6 is 24.8 Å². The summed E-state index contributed by atoms with van der Waals surface area (Å²) in [4.78, 5) is 22.3. The molecule has 2 aliphatic rings. The minimum absolute atomic E-state index is 0. The number of rotatable bonds is 6. The van der Waals surface area contributed by atoms with Crippen LogP contribution in [0.3, 0.4) is 0 Å². The number of likely N-dealkylation sites (tertiary alicyclic amines) is 1. The highest BCUT2D eigenvalue weighted by atomic mass is 35.5. The zero-order valence-corrected chi connectivity index (χ0v) is 18.4. The maximum atomic E-state index is 11.0. The van der Waals surface area contributed by atoms with Crippen LogP contribution in [-0.4, -0.2) is 51.7 Å². The van der Waals surface area contributed by atoms with Crippen LogP contribution in [0.4, 0.5) is 5.82 Å². The molecule has 7 nitrogen and oxygen atoms in total. The number of carbonyl (C=O) groups excluding carboxylic acids is 1. The number of nitrogens with zero attached hydrogens (tertiary/aromatic N) is 3. The van der Waals surface area contributed by atoms with E-state index in [1.54, 1.807) is 17.9 Å². The van der Waals surface area contributed by atoms with Crippen molar-refractivity contribution in [1.82, 2.24) is 20.3 Å². The Bertz CT molecular complexity index is 622. The Morgan fingerprint density at radius 3 is 2.52 bits per heavy atom. The highest BCUT2D eigenvalue weighted by Crippen LogP contribution is 2.25. The number of hydroxylamine groups is 1. The minimum Gasteiger partial charge on any atom is -0.365 e. The van der Waals surface area contributed by atoms with Crippen LogP contribution in [-0.2, 0) is 4.79 Å². The largest absolute Gasteiger partial charge is 0.365 e. The van der Waals surface area contributed by atoms with E-state index < -0.39 is 5.91 Å². The van der Waals surface area contributed by atoms with E-state index in [4.69, 9.17) is 5.21 Å². The van der Waals surface area contributed by atoms with Gasteiger partial charge in [0.15, 0.2) is 0 Å². The molecule has 1 saturated carbocycles. The average Bonchev–Trinajstić information content (AvgIpc) is 2.96. The third-order valence-electron chi connectivity index (χ3n) is 5.54. The van der Waals surface area contributed by atoms with Gasteiger partial charge in [-0.1, -0.05) is 25.7 Å². The lowest BCUT2D eigenvalue weighted by Gasteiger charge is -2.35. The fourth-order valence-corrected chi connectivity index (χ4v) is 4.16. The molecular weight excluding hydrogens is 413 g/mol. The molecule has 164 valence electrons. The van der Waals surface area contributed by atoms with Crippen LogP contribution in [0.15, 0.2) is 18.5 Å². The van der Waals surface area contributed by atoms with E-state index in [2.05, 4.69) is 20.2 Å². The van der Waals surface area contributed by atoms with Gasteiger partial charge in [0, 0.05) is 25.2 Å². The van der Waals surface area contributed by atoms with Gasteiger partial charge in [0.2, 0.25) is 0 Å². The molecule has 1 saturated heterocycles. The molecule has 0 unspecified atom stereocenters. The number of halogens is 2. The van der Waals surface area contributed by atoms with Gasteiger partial charge in [-0.3, -0.25) is 15.0 Å². The summed E-state index contributed by atoms with van der Waals surface area (Å²) < 4.78 is 0. The fraction of sp³-hybridized carbons (Fsp3) is 0.650. The minimum atomic E-state index is -0.588. The molecule has 1 aromatic rings. The molecule has 3 N–H and O–H groups in total. The summed E-state index contributed by atoms with van der Waals surface area (Å²) in [6.07, 6.45) is 16.8. The number of hydrogen-bond acceptors (Lipinski definition) is 6. The predicted molar refractivity (Wildman–Crippen MR) is 120 cm³/mol. The summed E-state index contributed by atoms with van der Waals surface area (Å²) >= 11 is 0. The Hall–Kier alpha value is -1.41. The predicted octanol–water partition coefficient (Wildman–Crippen LogP) is 3.69. The third-order valence-corrected chi connectivity index (χ3v) is 5.54. The first-order chi connectivity index (χ1) is 13.2. The van der Waals surface area contributed by atoms with E-state index in [-0.39, 0.29) is 24.8 Å². The normalized spacial score (nSPS) is 20.9. The van der Waals surface area contributed by atoms with Crippen molar-refractivity contribution in [1.29, 1.82) is 0 Å². The van der Waals surface area contributed by atoms with Crippen molar-refractivity contribution in [2.45, 2.75) is 57.4 Å².